The van der Waals surface area contributed by atoms with Crippen LogP contribution in [-0.2, 0) is 15.0 Å². The van der Waals surface area contributed by atoms with Gasteiger partial charge in [0.15, 0.2) is 0 Å². The first-order chi connectivity index (χ1) is 17.0. The van der Waals surface area contributed by atoms with Gasteiger partial charge in [0.2, 0.25) is 5.91 Å². The van der Waals surface area contributed by atoms with Crippen molar-refractivity contribution in [1.82, 2.24) is 24.7 Å². The molecule has 1 saturated carbocycles. The summed E-state index contributed by atoms with van der Waals surface area (Å²) in [4.78, 5) is 67.0. The zero-order chi connectivity index (χ0) is 26.1. The molecule has 1 aromatic heterocycles. The first-order valence-electron chi connectivity index (χ1n) is 11.6. The number of carbonyl (C=O) groups is 4. The predicted octanol–water partition coefficient (Wildman–Crippen LogP) is 1.19. The molecular weight excluding hydrogens is 468 g/mol. The van der Waals surface area contributed by atoms with E-state index in [1.165, 1.54) is 40.5 Å². The molecule has 2 aliphatic rings. The predicted molar refractivity (Wildman–Crippen MR) is 129 cm³/mol. The Balaban J connectivity index is 1.35. The van der Waals surface area contributed by atoms with Crippen molar-refractivity contribution in [3.8, 4) is 5.69 Å². The largest absolute Gasteiger partial charge is 0.465 e. The van der Waals surface area contributed by atoms with Gasteiger partial charge in [0, 0.05) is 32.4 Å². The van der Waals surface area contributed by atoms with Crippen molar-refractivity contribution in [1.29, 1.82) is 0 Å². The molecule has 12 heteroatoms. The van der Waals surface area contributed by atoms with Gasteiger partial charge in [-0.15, -0.1) is 0 Å². The van der Waals surface area contributed by atoms with Crippen LogP contribution < -0.4 is 16.3 Å². The molecule has 0 unspecified atom stereocenters. The number of hydrogen-bond donors (Lipinski definition) is 3. The van der Waals surface area contributed by atoms with Gasteiger partial charge in [-0.25, -0.2) is 14.4 Å². The van der Waals surface area contributed by atoms with E-state index in [-0.39, 0.29) is 43.3 Å². The summed E-state index contributed by atoms with van der Waals surface area (Å²) in [5.74, 6) is -0.275. The number of anilines is 1. The average Bonchev–Trinajstić information content (AvgIpc) is 3.64. The lowest BCUT2D eigenvalue weighted by atomic mass is 9.98. The van der Waals surface area contributed by atoms with Crippen molar-refractivity contribution < 1.29 is 24.3 Å². The molecule has 2 aromatic rings. The minimum Gasteiger partial charge on any atom is -0.465 e. The number of aldehydes is 1. The van der Waals surface area contributed by atoms with Crippen LogP contribution >= 0.6 is 0 Å². The van der Waals surface area contributed by atoms with E-state index in [4.69, 9.17) is 5.11 Å². The highest BCUT2D eigenvalue weighted by atomic mass is 16.4. The molecule has 36 heavy (non-hydrogen) atoms. The number of nitrogens with one attached hydrogen (secondary N) is 2. The maximum Gasteiger partial charge on any atom is 0.405 e. The lowest BCUT2D eigenvalue weighted by Gasteiger charge is -2.38. The number of piperazine rings is 1. The summed E-state index contributed by atoms with van der Waals surface area (Å²) in [5, 5.41) is 13.7. The molecule has 1 aliphatic carbocycles. The van der Waals surface area contributed by atoms with Gasteiger partial charge in [0.25, 0.3) is 0 Å². The Morgan fingerprint density at radius 3 is 2.17 bits per heavy atom. The fourth-order valence-corrected chi connectivity index (χ4v) is 4.25. The zero-order valence-electron chi connectivity index (χ0n) is 20.1. The van der Waals surface area contributed by atoms with E-state index in [2.05, 4.69) is 15.6 Å². The van der Waals surface area contributed by atoms with E-state index in [9.17, 15) is 24.0 Å². The van der Waals surface area contributed by atoms with Gasteiger partial charge in [0.1, 0.15) is 17.6 Å². The highest BCUT2D eigenvalue weighted by Crippen LogP contribution is 2.46. The Bertz CT molecular complexity index is 1240. The molecule has 4 amide bonds. The Kier molecular flexibility index (Phi) is 6.53. The first kappa shape index (κ1) is 24.9. The molecular formula is C24H28N6O6. The highest BCUT2D eigenvalue weighted by molar-refractivity contribution is 5.90. The second-order valence-electron chi connectivity index (χ2n) is 9.55. The molecule has 190 valence electrons. The van der Waals surface area contributed by atoms with Gasteiger partial charge < -0.3 is 25.0 Å². The molecule has 0 radical (unpaired) electrons. The third-order valence-electron chi connectivity index (χ3n) is 6.58. The van der Waals surface area contributed by atoms with Crippen LogP contribution in [-0.4, -0.2) is 80.5 Å². The van der Waals surface area contributed by atoms with Crippen molar-refractivity contribution in [3.63, 3.8) is 0 Å². The van der Waals surface area contributed by atoms with Gasteiger partial charge in [-0.2, -0.15) is 4.98 Å². The summed E-state index contributed by atoms with van der Waals surface area (Å²) in [7, 11) is 0. The van der Waals surface area contributed by atoms with Crippen molar-refractivity contribution in [2.75, 3.05) is 31.5 Å². The first-order valence-corrected chi connectivity index (χ1v) is 11.6. The third-order valence-corrected chi connectivity index (χ3v) is 6.58. The lowest BCUT2D eigenvalue weighted by Crippen LogP contribution is -2.60. The van der Waals surface area contributed by atoms with Gasteiger partial charge in [0.05, 0.1) is 11.1 Å². The summed E-state index contributed by atoms with van der Waals surface area (Å²) in [5.41, 5.74) is -0.717. The molecule has 0 atom stereocenters. The monoisotopic (exact) mass is 496 g/mol. The standard InChI is InChI=1S/C24H28N6O6/c1-23(2,27-22(35)36)19(32)28-11-13-29(14-12-28)20(33)25-18-7-10-30(21(34)26-18)17-5-3-16(4-6-17)24(15-31)8-9-24/h3-7,10,15,27H,8-9,11-14H2,1-2H3,(H,35,36)(H,25,26,33,34). The second kappa shape index (κ2) is 9.44. The van der Waals surface area contributed by atoms with Crippen LogP contribution in [0.2, 0.25) is 0 Å². The summed E-state index contributed by atoms with van der Waals surface area (Å²) in [6.07, 6.45) is 2.86. The van der Waals surface area contributed by atoms with Crippen LogP contribution in [0.1, 0.15) is 32.3 Å². The quantitative estimate of drug-likeness (QED) is 0.508. The molecule has 1 saturated heterocycles. The minimum absolute atomic E-state index is 0.0982. The number of rotatable bonds is 6. The molecule has 4 rings (SSSR count). The van der Waals surface area contributed by atoms with Crippen LogP contribution in [0.15, 0.2) is 41.3 Å². The molecule has 12 nitrogen and oxygen atoms in total. The summed E-state index contributed by atoms with van der Waals surface area (Å²) in [6.45, 7) is 3.94. The van der Waals surface area contributed by atoms with Crippen molar-refractivity contribution in [2.45, 2.75) is 37.6 Å². The SMILES string of the molecule is CC(C)(NC(=O)O)C(=O)N1CCN(C(=O)Nc2ccn(-c3ccc(C4(C=O)CC4)cc3)c(=O)n2)CC1. The topological polar surface area (TPSA) is 154 Å². The Morgan fingerprint density at radius 2 is 1.64 bits per heavy atom. The number of aromatic nitrogens is 2. The van der Waals surface area contributed by atoms with Gasteiger partial charge >= 0.3 is 17.8 Å². The summed E-state index contributed by atoms with van der Waals surface area (Å²) >= 11 is 0. The smallest absolute Gasteiger partial charge is 0.405 e. The third kappa shape index (κ3) is 5.07. The highest BCUT2D eigenvalue weighted by Gasteiger charge is 2.44. The van der Waals surface area contributed by atoms with Crippen molar-refractivity contribution in [3.05, 3.63) is 52.6 Å². The number of hydrogen-bond acceptors (Lipinski definition) is 6. The van der Waals surface area contributed by atoms with Crippen LogP contribution in [0.25, 0.3) is 5.69 Å². The summed E-state index contributed by atoms with van der Waals surface area (Å²) < 4.78 is 1.34. The molecule has 2 fully saturated rings. The van der Waals surface area contributed by atoms with Crippen LogP contribution in [0.3, 0.4) is 0 Å². The molecule has 3 N–H and O–H groups in total. The van der Waals surface area contributed by atoms with E-state index in [0.717, 1.165) is 24.7 Å². The van der Waals surface area contributed by atoms with Crippen LogP contribution in [0.4, 0.5) is 15.4 Å². The van der Waals surface area contributed by atoms with E-state index < -0.39 is 23.4 Å². The van der Waals surface area contributed by atoms with Gasteiger partial charge in [-0.1, -0.05) is 12.1 Å². The Morgan fingerprint density at radius 1 is 1.03 bits per heavy atom. The minimum atomic E-state index is -1.29. The Labute approximate surface area is 206 Å². The van der Waals surface area contributed by atoms with Crippen molar-refractivity contribution >= 4 is 30.1 Å². The lowest BCUT2D eigenvalue weighted by molar-refractivity contribution is -0.138. The number of benzene rings is 1. The van der Waals surface area contributed by atoms with Crippen LogP contribution in [0, 0.1) is 0 Å². The van der Waals surface area contributed by atoms with E-state index in [0.29, 0.717) is 5.69 Å². The number of carbonyl (C=O) groups excluding carboxylic acids is 3. The summed E-state index contributed by atoms with van der Waals surface area (Å²) in [6, 6.07) is 8.25. The van der Waals surface area contributed by atoms with E-state index in [1.807, 2.05) is 12.1 Å². The fraction of sp³-hybridized carbons (Fsp3) is 0.417. The second-order valence-corrected chi connectivity index (χ2v) is 9.55. The number of carboxylic acid groups (broad SMARTS) is 1. The average molecular weight is 497 g/mol. The van der Waals surface area contributed by atoms with Gasteiger partial charge in [-0.05, 0) is 50.5 Å². The van der Waals surface area contributed by atoms with E-state index >= 15 is 0 Å². The number of nitrogens with zero attached hydrogens (tertiary/aromatic N) is 4. The molecule has 0 spiro atoms. The molecule has 1 aromatic carbocycles. The number of amides is 4. The normalized spacial score (nSPS) is 16.7. The van der Waals surface area contributed by atoms with Crippen LogP contribution in [0.5, 0.6) is 0 Å². The van der Waals surface area contributed by atoms with Gasteiger partial charge in [-0.3, -0.25) is 14.7 Å². The molecule has 2 heterocycles. The maximum absolute atomic E-state index is 12.7. The number of urea groups is 1. The van der Waals surface area contributed by atoms with E-state index in [1.54, 1.807) is 12.1 Å². The van der Waals surface area contributed by atoms with Crippen molar-refractivity contribution in [2.24, 2.45) is 0 Å². The molecule has 1 aliphatic heterocycles. The Hall–Kier alpha value is -4.22. The zero-order valence-corrected chi connectivity index (χ0v) is 20.1. The maximum atomic E-state index is 12.7. The fourth-order valence-electron chi connectivity index (χ4n) is 4.25. The molecule has 0 bridgehead atoms.